The van der Waals surface area contributed by atoms with Crippen LogP contribution in [0.25, 0.3) is 0 Å². The summed E-state index contributed by atoms with van der Waals surface area (Å²) >= 11 is 0. The summed E-state index contributed by atoms with van der Waals surface area (Å²) in [6, 6.07) is 5.26. The number of hydrogen-bond acceptors (Lipinski definition) is 4. The Morgan fingerprint density at radius 2 is 1.80 bits per heavy atom. The summed E-state index contributed by atoms with van der Waals surface area (Å²) in [5, 5.41) is 4.79. The maximum Gasteiger partial charge on any atom is 0.338 e. The average molecular weight is 346 g/mol. The van der Waals surface area contributed by atoms with E-state index in [4.69, 9.17) is 4.74 Å². The van der Waals surface area contributed by atoms with E-state index in [1.807, 2.05) is 26.0 Å². The van der Waals surface area contributed by atoms with Crippen molar-refractivity contribution in [1.82, 2.24) is 10.6 Å². The Bertz CT molecular complexity index is 663. The van der Waals surface area contributed by atoms with E-state index >= 15 is 0 Å². The van der Waals surface area contributed by atoms with E-state index in [9.17, 15) is 14.4 Å². The molecule has 0 spiro atoms. The summed E-state index contributed by atoms with van der Waals surface area (Å²) in [6.07, 6.45) is 1.86. The van der Waals surface area contributed by atoms with E-state index in [1.165, 1.54) is 0 Å². The second kappa shape index (κ2) is 8.14. The molecule has 0 aliphatic heterocycles. The normalized spacial score (nSPS) is 13.7. The molecule has 6 heteroatoms. The van der Waals surface area contributed by atoms with E-state index in [0.717, 1.165) is 24.0 Å². The molecular formula is C19H26N2O4. The van der Waals surface area contributed by atoms with E-state index < -0.39 is 24.5 Å². The highest BCUT2D eigenvalue weighted by atomic mass is 16.5. The maximum atomic E-state index is 12.3. The quantitative estimate of drug-likeness (QED) is 0.775. The number of esters is 1. The smallest absolute Gasteiger partial charge is 0.338 e. The summed E-state index contributed by atoms with van der Waals surface area (Å²) in [5.41, 5.74) is 2.49. The van der Waals surface area contributed by atoms with Crippen LogP contribution in [0.3, 0.4) is 0 Å². The Morgan fingerprint density at radius 1 is 1.12 bits per heavy atom. The third-order valence-corrected chi connectivity index (χ3v) is 4.08. The van der Waals surface area contributed by atoms with Gasteiger partial charge in [-0.2, -0.15) is 0 Å². The molecule has 2 rings (SSSR count). The highest BCUT2D eigenvalue weighted by Crippen LogP contribution is 2.25. The van der Waals surface area contributed by atoms with Gasteiger partial charge >= 0.3 is 12.0 Å². The number of imide groups is 1. The second-order valence-electron chi connectivity index (χ2n) is 7.03. The molecule has 1 aromatic carbocycles. The molecule has 1 aliphatic carbocycles. The number of benzene rings is 1. The lowest BCUT2D eigenvalue weighted by molar-refractivity contribution is -0.123. The SMILES string of the molecule is CC(C)c1ccc(C(=O)OCC(=O)NC(=O)NC2CC2)c(C(C)C)c1. The van der Waals surface area contributed by atoms with Crippen molar-refractivity contribution >= 4 is 17.9 Å². The van der Waals surface area contributed by atoms with Gasteiger partial charge in [0.1, 0.15) is 0 Å². The maximum absolute atomic E-state index is 12.3. The van der Waals surface area contributed by atoms with Gasteiger partial charge in [-0.3, -0.25) is 10.1 Å². The molecule has 0 bridgehead atoms. The van der Waals surface area contributed by atoms with Gasteiger partial charge in [-0.25, -0.2) is 9.59 Å². The van der Waals surface area contributed by atoms with Crippen molar-refractivity contribution in [2.24, 2.45) is 0 Å². The Hall–Kier alpha value is -2.37. The van der Waals surface area contributed by atoms with Gasteiger partial charge in [0.15, 0.2) is 6.61 Å². The zero-order valence-electron chi connectivity index (χ0n) is 15.2. The first kappa shape index (κ1) is 19.0. The summed E-state index contributed by atoms with van der Waals surface area (Å²) in [7, 11) is 0. The predicted molar refractivity (Wildman–Crippen MR) is 94.6 cm³/mol. The Labute approximate surface area is 148 Å². The summed E-state index contributed by atoms with van der Waals surface area (Å²) in [5.74, 6) is -0.689. The number of nitrogens with one attached hydrogen (secondary N) is 2. The van der Waals surface area contributed by atoms with Gasteiger partial charge in [0, 0.05) is 6.04 Å². The van der Waals surface area contributed by atoms with Crippen molar-refractivity contribution in [3.05, 3.63) is 34.9 Å². The largest absolute Gasteiger partial charge is 0.452 e. The van der Waals surface area contributed by atoms with Crippen LogP contribution >= 0.6 is 0 Å². The molecule has 0 radical (unpaired) electrons. The number of urea groups is 1. The van der Waals surface area contributed by atoms with E-state index in [2.05, 4.69) is 24.5 Å². The summed E-state index contributed by atoms with van der Waals surface area (Å²) in [4.78, 5) is 35.5. The summed E-state index contributed by atoms with van der Waals surface area (Å²) in [6.45, 7) is 7.71. The highest BCUT2D eigenvalue weighted by Gasteiger charge is 2.24. The van der Waals surface area contributed by atoms with Crippen LogP contribution < -0.4 is 10.6 Å². The van der Waals surface area contributed by atoms with Crippen LogP contribution in [0.5, 0.6) is 0 Å². The predicted octanol–water partition coefficient (Wildman–Crippen LogP) is 3.08. The molecule has 3 amide bonds. The third kappa shape index (κ3) is 5.59. The van der Waals surface area contributed by atoms with Crippen molar-refractivity contribution in [2.45, 2.75) is 58.4 Å². The van der Waals surface area contributed by atoms with Gasteiger partial charge in [0.2, 0.25) is 0 Å². The number of carbonyl (C=O) groups excluding carboxylic acids is 3. The first-order chi connectivity index (χ1) is 11.8. The standard InChI is InChI=1S/C19H26N2O4/c1-11(2)13-5-8-15(16(9-13)12(3)4)18(23)25-10-17(22)21-19(24)20-14-6-7-14/h5,8-9,11-12,14H,6-7,10H2,1-4H3,(H2,20,21,22,24). The summed E-state index contributed by atoms with van der Waals surface area (Å²) < 4.78 is 5.07. The number of rotatable bonds is 6. The van der Waals surface area contributed by atoms with Crippen LogP contribution in [0.1, 0.15) is 73.9 Å². The zero-order chi connectivity index (χ0) is 18.6. The molecule has 1 aromatic rings. The topological polar surface area (TPSA) is 84.5 Å². The number of amides is 3. The van der Waals surface area contributed by atoms with E-state index in [0.29, 0.717) is 11.5 Å². The molecule has 0 saturated heterocycles. The molecule has 0 aromatic heterocycles. The minimum atomic E-state index is -0.642. The van der Waals surface area contributed by atoms with Crippen LogP contribution in [0.2, 0.25) is 0 Å². The van der Waals surface area contributed by atoms with Crippen LogP contribution in [0.4, 0.5) is 4.79 Å². The van der Waals surface area contributed by atoms with Crippen LogP contribution in [-0.2, 0) is 9.53 Å². The highest BCUT2D eigenvalue weighted by molar-refractivity contribution is 5.97. The lowest BCUT2D eigenvalue weighted by Crippen LogP contribution is -2.42. The molecule has 2 N–H and O–H groups in total. The van der Waals surface area contributed by atoms with E-state index in [-0.39, 0.29) is 12.0 Å². The third-order valence-electron chi connectivity index (χ3n) is 4.08. The monoisotopic (exact) mass is 346 g/mol. The lowest BCUT2D eigenvalue weighted by Gasteiger charge is -2.15. The van der Waals surface area contributed by atoms with E-state index in [1.54, 1.807) is 6.07 Å². The van der Waals surface area contributed by atoms with Gasteiger partial charge in [0.05, 0.1) is 5.56 Å². The van der Waals surface area contributed by atoms with Crippen molar-refractivity contribution in [3.63, 3.8) is 0 Å². The fourth-order valence-electron chi connectivity index (χ4n) is 2.42. The molecule has 136 valence electrons. The Kier molecular flexibility index (Phi) is 6.17. The molecule has 25 heavy (non-hydrogen) atoms. The molecule has 0 atom stereocenters. The molecule has 0 unspecified atom stereocenters. The van der Waals surface area contributed by atoms with Gasteiger partial charge in [-0.1, -0.05) is 39.8 Å². The van der Waals surface area contributed by atoms with Crippen LogP contribution in [-0.4, -0.2) is 30.6 Å². The van der Waals surface area contributed by atoms with Gasteiger partial charge in [-0.05, 0) is 41.9 Å². The molecule has 1 aliphatic rings. The van der Waals surface area contributed by atoms with Crippen LogP contribution in [0.15, 0.2) is 18.2 Å². The minimum absolute atomic E-state index is 0.152. The van der Waals surface area contributed by atoms with Gasteiger partial charge < -0.3 is 10.1 Å². The molecule has 1 fully saturated rings. The number of hydrogen-bond donors (Lipinski definition) is 2. The Morgan fingerprint density at radius 3 is 2.36 bits per heavy atom. The molecule has 6 nitrogen and oxygen atoms in total. The van der Waals surface area contributed by atoms with Crippen molar-refractivity contribution < 1.29 is 19.1 Å². The number of carbonyl (C=O) groups is 3. The minimum Gasteiger partial charge on any atom is -0.452 e. The van der Waals surface area contributed by atoms with Gasteiger partial charge in [-0.15, -0.1) is 0 Å². The lowest BCUT2D eigenvalue weighted by atomic mass is 9.91. The molecule has 1 saturated carbocycles. The fraction of sp³-hybridized carbons (Fsp3) is 0.526. The number of ether oxygens (including phenoxy) is 1. The van der Waals surface area contributed by atoms with Crippen LogP contribution in [0, 0.1) is 0 Å². The second-order valence-corrected chi connectivity index (χ2v) is 7.03. The molecule has 0 heterocycles. The van der Waals surface area contributed by atoms with Crippen molar-refractivity contribution in [1.29, 1.82) is 0 Å². The molecular weight excluding hydrogens is 320 g/mol. The van der Waals surface area contributed by atoms with Crippen molar-refractivity contribution in [3.8, 4) is 0 Å². The first-order valence-electron chi connectivity index (χ1n) is 8.69. The zero-order valence-corrected chi connectivity index (χ0v) is 15.2. The van der Waals surface area contributed by atoms with Gasteiger partial charge in [0.25, 0.3) is 5.91 Å². The average Bonchev–Trinajstić information content (AvgIpc) is 3.35. The first-order valence-corrected chi connectivity index (χ1v) is 8.69. The Balaban J connectivity index is 1.95. The fourth-order valence-corrected chi connectivity index (χ4v) is 2.42. The van der Waals surface area contributed by atoms with Crippen molar-refractivity contribution in [2.75, 3.05) is 6.61 Å².